The van der Waals surface area contributed by atoms with Crippen LogP contribution in [0.15, 0.2) is 36.4 Å². The smallest absolute Gasteiger partial charge is 0.231 e. The van der Waals surface area contributed by atoms with Crippen molar-refractivity contribution in [1.82, 2.24) is 9.80 Å². The Kier molecular flexibility index (Phi) is 4.06. The molecule has 5 aliphatic rings. The molecule has 0 spiro atoms. The number of rotatable bonds is 3. The molecule has 5 heterocycles. The SMILES string of the molecule is Fc1ccc(F)c(CN2C[C@H](c3ccc4c(c3)OCO4)[C@H]3[C@@H]2C2CCN3CC2)c1. The summed E-state index contributed by atoms with van der Waals surface area (Å²) in [5.41, 5.74) is 1.70. The Bertz CT molecular complexity index is 944. The van der Waals surface area contributed by atoms with Gasteiger partial charge in [-0.25, -0.2) is 8.78 Å². The first kappa shape index (κ1) is 17.7. The highest BCUT2D eigenvalue weighted by atomic mass is 19.1. The summed E-state index contributed by atoms with van der Waals surface area (Å²) in [6.45, 7) is 3.84. The summed E-state index contributed by atoms with van der Waals surface area (Å²) in [7, 11) is 0. The molecule has 3 atom stereocenters. The van der Waals surface area contributed by atoms with Crippen molar-refractivity contribution >= 4 is 0 Å². The molecule has 2 aromatic rings. The van der Waals surface area contributed by atoms with Crippen molar-refractivity contribution in [2.45, 2.75) is 37.4 Å². The lowest BCUT2D eigenvalue weighted by atomic mass is 9.75. The third-order valence-corrected chi connectivity index (χ3v) is 7.30. The third kappa shape index (κ3) is 2.84. The summed E-state index contributed by atoms with van der Waals surface area (Å²) in [6.07, 6.45) is 2.38. The van der Waals surface area contributed by atoms with E-state index in [0.717, 1.165) is 31.1 Å². The standard InChI is InChI=1S/C23H24F2N2O2/c24-17-2-3-19(25)16(9-17)11-27-12-18(15-1-4-20-21(10-15)29-13-28-20)23-22(27)14-5-7-26(23)8-6-14/h1-4,9-10,14,18,22-23H,5-8,11-13H2/t18-,22+,23+/m1/s1. The van der Waals surface area contributed by atoms with E-state index in [-0.39, 0.29) is 18.4 Å². The molecule has 7 rings (SSSR count). The molecule has 4 saturated heterocycles. The predicted molar refractivity (Wildman–Crippen MR) is 104 cm³/mol. The molecule has 4 fully saturated rings. The quantitative estimate of drug-likeness (QED) is 0.786. The van der Waals surface area contributed by atoms with Crippen molar-refractivity contribution in [3.8, 4) is 11.5 Å². The fraction of sp³-hybridized carbons (Fsp3) is 0.478. The van der Waals surface area contributed by atoms with E-state index < -0.39 is 0 Å². The Labute approximate surface area is 169 Å². The molecule has 0 N–H and O–H groups in total. The highest BCUT2D eigenvalue weighted by molar-refractivity contribution is 5.46. The van der Waals surface area contributed by atoms with Gasteiger partial charge in [0, 0.05) is 36.7 Å². The summed E-state index contributed by atoms with van der Waals surface area (Å²) in [5, 5.41) is 0. The normalized spacial score (nSPS) is 32.6. The average Bonchev–Trinajstić information content (AvgIpc) is 3.37. The number of hydrogen-bond donors (Lipinski definition) is 0. The second kappa shape index (κ2) is 6.67. The highest BCUT2D eigenvalue weighted by Crippen LogP contribution is 2.48. The number of hydrogen-bond acceptors (Lipinski definition) is 4. The van der Waals surface area contributed by atoms with Crippen LogP contribution in [0.3, 0.4) is 0 Å². The molecule has 0 aliphatic carbocycles. The Morgan fingerprint density at radius 2 is 1.76 bits per heavy atom. The summed E-state index contributed by atoms with van der Waals surface area (Å²) in [4.78, 5) is 5.01. The van der Waals surface area contributed by atoms with E-state index in [4.69, 9.17) is 9.47 Å². The highest BCUT2D eigenvalue weighted by Gasteiger charge is 2.53. The van der Waals surface area contributed by atoms with Crippen LogP contribution in [0.25, 0.3) is 0 Å². The first-order valence-corrected chi connectivity index (χ1v) is 10.5. The molecular formula is C23H24F2N2O2. The maximum atomic E-state index is 14.4. The van der Waals surface area contributed by atoms with Crippen LogP contribution in [-0.2, 0) is 6.54 Å². The van der Waals surface area contributed by atoms with E-state index in [9.17, 15) is 8.78 Å². The second-order valence-electron chi connectivity index (χ2n) is 8.74. The van der Waals surface area contributed by atoms with E-state index in [0.29, 0.717) is 36.0 Å². The zero-order valence-electron chi connectivity index (χ0n) is 16.2. The maximum Gasteiger partial charge on any atom is 0.231 e. The van der Waals surface area contributed by atoms with E-state index in [2.05, 4.69) is 21.9 Å². The van der Waals surface area contributed by atoms with E-state index >= 15 is 0 Å². The van der Waals surface area contributed by atoms with Crippen LogP contribution in [-0.4, -0.2) is 48.3 Å². The van der Waals surface area contributed by atoms with E-state index in [1.807, 2.05) is 6.07 Å². The first-order chi connectivity index (χ1) is 14.2. The van der Waals surface area contributed by atoms with Crippen LogP contribution < -0.4 is 9.47 Å². The van der Waals surface area contributed by atoms with Crippen LogP contribution in [0.1, 0.15) is 29.9 Å². The number of likely N-dealkylation sites (tertiary alicyclic amines) is 1. The van der Waals surface area contributed by atoms with Crippen molar-refractivity contribution < 1.29 is 18.3 Å². The molecule has 152 valence electrons. The number of nitrogens with zero attached hydrogens (tertiary/aromatic N) is 2. The number of halogens is 2. The van der Waals surface area contributed by atoms with Gasteiger partial charge < -0.3 is 9.47 Å². The summed E-state index contributed by atoms with van der Waals surface area (Å²) >= 11 is 0. The zero-order valence-corrected chi connectivity index (χ0v) is 16.2. The molecule has 0 radical (unpaired) electrons. The Morgan fingerprint density at radius 3 is 2.62 bits per heavy atom. The minimum Gasteiger partial charge on any atom is -0.454 e. The van der Waals surface area contributed by atoms with Gasteiger partial charge in [-0.3, -0.25) is 9.80 Å². The van der Waals surface area contributed by atoms with Gasteiger partial charge in [0.25, 0.3) is 0 Å². The molecular weight excluding hydrogens is 374 g/mol. The minimum absolute atomic E-state index is 0.272. The van der Waals surface area contributed by atoms with Gasteiger partial charge in [0.2, 0.25) is 6.79 Å². The van der Waals surface area contributed by atoms with E-state index in [1.165, 1.54) is 36.6 Å². The molecule has 29 heavy (non-hydrogen) atoms. The Morgan fingerprint density at radius 1 is 0.931 bits per heavy atom. The topological polar surface area (TPSA) is 24.9 Å². The molecule has 0 unspecified atom stereocenters. The fourth-order valence-corrected chi connectivity index (χ4v) is 6.04. The van der Waals surface area contributed by atoms with Gasteiger partial charge in [0.1, 0.15) is 11.6 Å². The molecule has 5 aliphatic heterocycles. The molecule has 6 heteroatoms. The largest absolute Gasteiger partial charge is 0.454 e. The molecule has 4 nitrogen and oxygen atoms in total. The van der Waals surface area contributed by atoms with E-state index in [1.54, 1.807) is 0 Å². The minimum atomic E-state index is -0.376. The van der Waals surface area contributed by atoms with Crippen molar-refractivity contribution in [2.75, 3.05) is 26.4 Å². The molecule has 0 aromatic heterocycles. The maximum absolute atomic E-state index is 14.4. The monoisotopic (exact) mass is 398 g/mol. The van der Waals surface area contributed by atoms with Gasteiger partial charge in [-0.1, -0.05) is 6.07 Å². The van der Waals surface area contributed by atoms with Crippen LogP contribution in [0.5, 0.6) is 11.5 Å². The summed E-state index contributed by atoms with van der Waals surface area (Å²) < 4.78 is 39.2. The number of benzene rings is 2. The van der Waals surface area contributed by atoms with Crippen molar-refractivity contribution in [2.24, 2.45) is 5.92 Å². The van der Waals surface area contributed by atoms with Crippen molar-refractivity contribution in [3.63, 3.8) is 0 Å². The van der Waals surface area contributed by atoms with Gasteiger partial charge in [-0.2, -0.15) is 0 Å². The summed E-state index contributed by atoms with van der Waals surface area (Å²) in [5.74, 6) is 1.86. The molecule has 2 aromatic carbocycles. The van der Waals surface area contributed by atoms with Gasteiger partial charge in [0.15, 0.2) is 11.5 Å². The molecule has 0 saturated carbocycles. The number of piperidine rings is 3. The lowest BCUT2D eigenvalue weighted by Gasteiger charge is -2.51. The predicted octanol–water partition coefficient (Wildman–Crippen LogP) is 3.76. The first-order valence-electron chi connectivity index (χ1n) is 10.5. The molecule has 0 amide bonds. The van der Waals surface area contributed by atoms with Crippen LogP contribution in [0.2, 0.25) is 0 Å². The second-order valence-corrected chi connectivity index (χ2v) is 8.74. The van der Waals surface area contributed by atoms with Crippen LogP contribution >= 0.6 is 0 Å². The number of fused-ring (bicyclic) bond motifs is 3. The summed E-state index contributed by atoms with van der Waals surface area (Å²) in [6, 6.07) is 10.8. The van der Waals surface area contributed by atoms with Crippen molar-refractivity contribution in [1.29, 1.82) is 0 Å². The van der Waals surface area contributed by atoms with Gasteiger partial charge in [-0.15, -0.1) is 0 Å². The lowest BCUT2D eigenvalue weighted by Crippen LogP contribution is -2.60. The van der Waals surface area contributed by atoms with Gasteiger partial charge in [0.05, 0.1) is 0 Å². The van der Waals surface area contributed by atoms with Crippen molar-refractivity contribution in [3.05, 3.63) is 59.2 Å². The van der Waals surface area contributed by atoms with Gasteiger partial charge in [-0.05, 0) is 67.7 Å². The Balaban J connectivity index is 1.35. The number of ether oxygens (including phenoxy) is 2. The third-order valence-electron chi connectivity index (χ3n) is 7.30. The lowest BCUT2D eigenvalue weighted by molar-refractivity contribution is -0.00894. The van der Waals surface area contributed by atoms with Crippen LogP contribution in [0.4, 0.5) is 8.78 Å². The molecule has 2 bridgehead atoms. The van der Waals surface area contributed by atoms with Gasteiger partial charge >= 0.3 is 0 Å². The zero-order chi connectivity index (χ0) is 19.5. The fourth-order valence-electron chi connectivity index (χ4n) is 6.04. The van der Waals surface area contributed by atoms with Crippen LogP contribution in [0, 0.1) is 17.6 Å². The Hall–Kier alpha value is -2.18. The average molecular weight is 398 g/mol.